The van der Waals surface area contributed by atoms with Crippen molar-refractivity contribution in [3.05, 3.63) is 0 Å². The normalized spacial score (nSPS) is 19.5. The summed E-state index contributed by atoms with van der Waals surface area (Å²) in [4.78, 5) is 15.4. The number of hydrogen-bond acceptors (Lipinski definition) is 3. The number of hydrogen-bond donors (Lipinski definition) is 1. The molecule has 1 aliphatic heterocycles. The summed E-state index contributed by atoms with van der Waals surface area (Å²) in [5.41, 5.74) is 0. The number of aliphatic hydroxyl groups is 1. The van der Waals surface area contributed by atoms with Gasteiger partial charge in [0.1, 0.15) is 0 Å². The molecule has 0 aromatic heterocycles. The number of carbonyl (C=O) groups is 1. The van der Waals surface area contributed by atoms with E-state index in [1.54, 1.807) is 0 Å². The van der Waals surface area contributed by atoms with E-state index in [2.05, 4.69) is 11.8 Å². The maximum atomic E-state index is 11.5. The Bertz CT molecular complexity index is 173. The second kappa shape index (κ2) is 5.19. The molecule has 1 rings (SSSR count). The minimum atomic E-state index is 0.168. The van der Waals surface area contributed by atoms with Crippen LogP contribution in [0.1, 0.15) is 13.3 Å². The third-order valence-corrected chi connectivity index (χ3v) is 2.43. The van der Waals surface area contributed by atoms with Gasteiger partial charge in [-0.3, -0.25) is 9.69 Å². The molecule has 4 heteroatoms. The summed E-state index contributed by atoms with van der Waals surface area (Å²) in [6, 6.07) is 0. The van der Waals surface area contributed by atoms with E-state index in [9.17, 15) is 4.79 Å². The summed E-state index contributed by atoms with van der Waals surface area (Å²) >= 11 is 0. The van der Waals surface area contributed by atoms with Crippen molar-refractivity contribution < 1.29 is 9.90 Å². The Labute approximate surface area is 79.1 Å². The highest BCUT2D eigenvalue weighted by molar-refractivity contribution is 5.78. The maximum Gasteiger partial charge on any atom is 0.236 e. The van der Waals surface area contributed by atoms with Crippen molar-refractivity contribution in [2.45, 2.75) is 13.3 Å². The van der Waals surface area contributed by atoms with Crippen molar-refractivity contribution >= 4 is 5.91 Å². The first-order valence-electron chi connectivity index (χ1n) is 4.89. The van der Waals surface area contributed by atoms with Gasteiger partial charge >= 0.3 is 0 Å². The van der Waals surface area contributed by atoms with Gasteiger partial charge in [-0.15, -0.1) is 0 Å². The molecule has 0 aromatic rings. The number of piperazine rings is 1. The zero-order valence-corrected chi connectivity index (χ0v) is 8.20. The number of amides is 1. The van der Waals surface area contributed by atoms with Crippen LogP contribution in [0.2, 0.25) is 0 Å². The molecule has 1 heterocycles. The Morgan fingerprint density at radius 1 is 1.46 bits per heavy atom. The number of carbonyl (C=O) groups excluding carboxylic acids is 1. The highest BCUT2D eigenvalue weighted by Crippen LogP contribution is 2.03. The molecule has 4 nitrogen and oxygen atoms in total. The van der Waals surface area contributed by atoms with Crippen molar-refractivity contribution in [3.8, 4) is 0 Å². The van der Waals surface area contributed by atoms with E-state index in [0.29, 0.717) is 19.5 Å². The van der Waals surface area contributed by atoms with E-state index in [1.165, 1.54) is 0 Å². The molecule has 0 radical (unpaired) electrons. The first kappa shape index (κ1) is 10.5. The molecule has 0 aliphatic carbocycles. The van der Waals surface area contributed by atoms with Gasteiger partial charge in [0.15, 0.2) is 0 Å². The van der Waals surface area contributed by atoms with Gasteiger partial charge in [0.05, 0.1) is 6.54 Å². The molecule has 0 unspecified atom stereocenters. The predicted octanol–water partition coefficient (Wildman–Crippen LogP) is -0.467. The number of nitrogens with zero attached hydrogens (tertiary/aromatic N) is 2. The lowest BCUT2D eigenvalue weighted by Gasteiger charge is -2.33. The largest absolute Gasteiger partial charge is 0.396 e. The fourth-order valence-corrected chi connectivity index (χ4v) is 1.53. The molecule has 0 aromatic carbocycles. The van der Waals surface area contributed by atoms with E-state index in [1.807, 2.05) is 4.90 Å². The average Bonchev–Trinajstić information content (AvgIpc) is 2.16. The van der Waals surface area contributed by atoms with Gasteiger partial charge in [0.2, 0.25) is 5.91 Å². The second-order valence-electron chi connectivity index (χ2n) is 3.33. The van der Waals surface area contributed by atoms with E-state index < -0.39 is 0 Å². The molecule has 13 heavy (non-hydrogen) atoms. The van der Waals surface area contributed by atoms with E-state index >= 15 is 0 Å². The van der Waals surface area contributed by atoms with Crippen molar-refractivity contribution in [2.75, 3.05) is 39.3 Å². The molecule has 1 saturated heterocycles. The fourth-order valence-electron chi connectivity index (χ4n) is 1.53. The molecule has 76 valence electrons. The Morgan fingerprint density at radius 2 is 2.23 bits per heavy atom. The summed E-state index contributed by atoms with van der Waals surface area (Å²) < 4.78 is 0. The van der Waals surface area contributed by atoms with Crippen molar-refractivity contribution in [3.63, 3.8) is 0 Å². The van der Waals surface area contributed by atoms with Crippen LogP contribution in [-0.2, 0) is 4.79 Å². The predicted molar refractivity (Wildman–Crippen MR) is 50.4 cm³/mol. The molecule has 1 N–H and O–H groups in total. The molecule has 1 fully saturated rings. The summed E-state index contributed by atoms with van der Waals surface area (Å²) in [5, 5.41) is 8.63. The number of rotatable bonds is 4. The van der Waals surface area contributed by atoms with Gasteiger partial charge < -0.3 is 10.0 Å². The Kier molecular flexibility index (Phi) is 4.18. The average molecular weight is 186 g/mol. The quantitative estimate of drug-likeness (QED) is 0.645. The van der Waals surface area contributed by atoms with Crippen molar-refractivity contribution in [1.29, 1.82) is 0 Å². The minimum absolute atomic E-state index is 0.168. The highest BCUT2D eigenvalue weighted by atomic mass is 16.3. The zero-order valence-electron chi connectivity index (χ0n) is 8.20. The van der Waals surface area contributed by atoms with Crippen LogP contribution in [-0.4, -0.2) is 60.1 Å². The van der Waals surface area contributed by atoms with E-state index in [-0.39, 0.29) is 12.5 Å². The standard InChI is InChI=1S/C9H18N2O2/c1-2-10-5-6-11(4-3-7-12)9(13)8-10/h12H,2-8H2,1H3. The van der Waals surface area contributed by atoms with Crippen LogP contribution in [0.4, 0.5) is 0 Å². The van der Waals surface area contributed by atoms with Gasteiger partial charge in [0, 0.05) is 26.2 Å². The van der Waals surface area contributed by atoms with Gasteiger partial charge in [-0.25, -0.2) is 0 Å². The monoisotopic (exact) mass is 186 g/mol. The molecule has 0 spiro atoms. The fraction of sp³-hybridized carbons (Fsp3) is 0.889. The lowest BCUT2D eigenvalue weighted by Crippen LogP contribution is -2.50. The molecule has 1 aliphatic rings. The minimum Gasteiger partial charge on any atom is -0.396 e. The number of aliphatic hydroxyl groups excluding tert-OH is 1. The summed E-state index contributed by atoms with van der Waals surface area (Å²) in [5.74, 6) is 0.196. The van der Waals surface area contributed by atoms with E-state index in [4.69, 9.17) is 5.11 Å². The van der Waals surface area contributed by atoms with Crippen LogP contribution in [0, 0.1) is 0 Å². The third-order valence-electron chi connectivity index (χ3n) is 2.43. The third kappa shape index (κ3) is 2.97. The Morgan fingerprint density at radius 3 is 2.77 bits per heavy atom. The SMILES string of the molecule is CCN1CCN(CCCO)C(=O)C1. The Hall–Kier alpha value is -0.610. The molecular weight excluding hydrogens is 168 g/mol. The zero-order chi connectivity index (χ0) is 9.68. The molecular formula is C9H18N2O2. The molecule has 0 saturated carbocycles. The second-order valence-corrected chi connectivity index (χ2v) is 3.33. The lowest BCUT2D eigenvalue weighted by molar-refractivity contribution is -0.136. The van der Waals surface area contributed by atoms with Crippen LogP contribution in [0.15, 0.2) is 0 Å². The topological polar surface area (TPSA) is 43.8 Å². The van der Waals surface area contributed by atoms with E-state index in [0.717, 1.165) is 19.6 Å². The summed E-state index contributed by atoms with van der Waals surface area (Å²) in [7, 11) is 0. The lowest BCUT2D eigenvalue weighted by atomic mass is 10.3. The van der Waals surface area contributed by atoms with Gasteiger partial charge in [-0.1, -0.05) is 6.92 Å². The van der Waals surface area contributed by atoms with Gasteiger partial charge in [-0.2, -0.15) is 0 Å². The van der Waals surface area contributed by atoms with Crippen molar-refractivity contribution in [2.24, 2.45) is 0 Å². The number of likely N-dealkylation sites (N-methyl/N-ethyl adjacent to an activating group) is 1. The smallest absolute Gasteiger partial charge is 0.236 e. The van der Waals surface area contributed by atoms with Crippen LogP contribution < -0.4 is 0 Å². The van der Waals surface area contributed by atoms with Crippen LogP contribution in [0.3, 0.4) is 0 Å². The van der Waals surface area contributed by atoms with Crippen LogP contribution >= 0.6 is 0 Å². The van der Waals surface area contributed by atoms with Gasteiger partial charge in [0.25, 0.3) is 0 Å². The first-order valence-corrected chi connectivity index (χ1v) is 4.89. The molecule has 0 bridgehead atoms. The van der Waals surface area contributed by atoms with Crippen LogP contribution in [0.25, 0.3) is 0 Å². The summed E-state index contributed by atoms with van der Waals surface area (Å²) in [6.45, 7) is 6.20. The summed E-state index contributed by atoms with van der Waals surface area (Å²) in [6.07, 6.45) is 0.692. The van der Waals surface area contributed by atoms with Crippen LogP contribution in [0.5, 0.6) is 0 Å². The van der Waals surface area contributed by atoms with Crippen molar-refractivity contribution in [1.82, 2.24) is 9.80 Å². The highest BCUT2D eigenvalue weighted by Gasteiger charge is 2.21. The molecule has 0 atom stereocenters. The first-order chi connectivity index (χ1) is 6.27. The maximum absolute atomic E-state index is 11.5. The van der Waals surface area contributed by atoms with Gasteiger partial charge in [-0.05, 0) is 13.0 Å². The Balaban J connectivity index is 2.31. The molecule has 1 amide bonds.